The van der Waals surface area contributed by atoms with Crippen LogP contribution in [0.5, 0.6) is 0 Å². The SMILES string of the molecule is CC[N+](CC)=c1ccc2nc3c(cc(NCCCNC)c4nc(C)ccc43)sc-2c1. The summed E-state index contributed by atoms with van der Waals surface area (Å²) in [6.07, 6.45) is 1.06. The molecule has 2 N–H and O–H groups in total. The van der Waals surface area contributed by atoms with E-state index in [0.29, 0.717) is 0 Å². The van der Waals surface area contributed by atoms with Crippen LogP contribution in [0.15, 0.2) is 36.4 Å². The average Bonchev–Trinajstić information content (AvgIpc) is 2.76. The molecular weight excluding hydrogens is 390 g/mol. The van der Waals surface area contributed by atoms with Gasteiger partial charge in [-0.3, -0.25) is 4.98 Å². The number of anilines is 1. The number of aromatic nitrogens is 2. The van der Waals surface area contributed by atoms with Crippen molar-refractivity contribution in [3.63, 3.8) is 0 Å². The van der Waals surface area contributed by atoms with Gasteiger partial charge in [-0.1, -0.05) is 0 Å². The highest BCUT2D eigenvalue weighted by atomic mass is 32.1. The quantitative estimate of drug-likeness (QED) is 0.205. The van der Waals surface area contributed by atoms with E-state index >= 15 is 0 Å². The Labute approximate surface area is 181 Å². The van der Waals surface area contributed by atoms with Crippen molar-refractivity contribution in [3.8, 4) is 10.6 Å². The fraction of sp³-hybridized carbons (Fsp3) is 0.375. The molecule has 0 saturated carbocycles. The van der Waals surface area contributed by atoms with E-state index in [1.807, 2.05) is 25.3 Å². The summed E-state index contributed by atoms with van der Waals surface area (Å²) in [6, 6.07) is 13.1. The summed E-state index contributed by atoms with van der Waals surface area (Å²) in [4.78, 5) is 11.1. The minimum absolute atomic E-state index is 0.912. The van der Waals surface area contributed by atoms with Gasteiger partial charge in [0.25, 0.3) is 0 Å². The first-order chi connectivity index (χ1) is 14.6. The van der Waals surface area contributed by atoms with Crippen LogP contribution < -0.4 is 20.6 Å². The van der Waals surface area contributed by atoms with Crippen LogP contribution in [0.3, 0.4) is 0 Å². The highest BCUT2D eigenvalue weighted by Gasteiger charge is 2.15. The molecule has 0 radical (unpaired) electrons. The summed E-state index contributed by atoms with van der Waals surface area (Å²) in [5.41, 5.74) is 5.19. The summed E-state index contributed by atoms with van der Waals surface area (Å²) < 4.78 is 3.56. The molecule has 1 aromatic heterocycles. The first-order valence-electron chi connectivity index (χ1n) is 10.8. The lowest BCUT2D eigenvalue weighted by atomic mass is 10.1. The lowest BCUT2D eigenvalue weighted by molar-refractivity contribution is 0.626. The second-order valence-corrected chi connectivity index (χ2v) is 8.63. The van der Waals surface area contributed by atoms with Crippen LogP contribution >= 0.6 is 11.3 Å². The topological polar surface area (TPSA) is 52.9 Å². The molecule has 0 atom stereocenters. The number of hydrogen-bond donors (Lipinski definition) is 2. The van der Waals surface area contributed by atoms with Gasteiger partial charge in [-0.2, -0.15) is 0 Å². The third-order valence-electron chi connectivity index (χ3n) is 5.50. The van der Waals surface area contributed by atoms with Gasteiger partial charge in [-0.25, -0.2) is 9.56 Å². The summed E-state index contributed by atoms with van der Waals surface area (Å²) in [7, 11) is 1.99. The number of aryl methyl sites for hydroxylation is 1. The number of fused-ring (bicyclic) bond motifs is 4. The van der Waals surface area contributed by atoms with E-state index in [1.165, 1.54) is 14.9 Å². The molecule has 2 aromatic rings. The molecule has 4 rings (SSSR count). The second kappa shape index (κ2) is 9.06. The molecule has 0 bridgehead atoms. The van der Waals surface area contributed by atoms with Gasteiger partial charge in [0.15, 0.2) is 0 Å². The molecule has 6 heteroatoms. The van der Waals surface area contributed by atoms with Crippen LogP contribution in [-0.2, 0) is 0 Å². The molecule has 1 aliphatic heterocycles. The third-order valence-corrected chi connectivity index (χ3v) is 6.57. The van der Waals surface area contributed by atoms with Crippen molar-refractivity contribution >= 4 is 38.1 Å². The van der Waals surface area contributed by atoms with E-state index < -0.39 is 0 Å². The van der Waals surface area contributed by atoms with Crippen molar-refractivity contribution in [1.29, 1.82) is 0 Å². The zero-order valence-electron chi connectivity index (χ0n) is 18.2. The number of pyridine rings is 1. The predicted octanol–water partition coefficient (Wildman–Crippen LogP) is 4.09. The highest BCUT2D eigenvalue weighted by molar-refractivity contribution is 7.21. The maximum absolute atomic E-state index is 5.05. The van der Waals surface area contributed by atoms with Gasteiger partial charge in [0.1, 0.15) is 13.1 Å². The minimum Gasteiger partial charge on any atom is -0.383 e. The van der Waals surface area contributed by atoms with Gasteiger partial charge in [-0.05, 0) is 65.0 Å². The lowest BCUT2D eigenvalue weighted by Gasteiger charge is -2.13. The molecule has 0 spiro atoms. The van der Waals surface area contributed by atoms with E-state index in [2.05, 4.69) is 65.5 Å². The van der Waals surface area contributed by atoms with Crippen molar-refractivity contribution < 1.29 is 0 Å². The minimum atomic E-state index is 0.912. The van der Waals surface area contributed by atoms with Gasteiger partial charge in [0.2, 0.25) is 5.36 Å². The molecule has 0 unspecified atom stereocenters. The summed E-state index contributed by atoms with van der Waals surface area (Å²) in [5, 5.41) is 9.18. The first-order valence-corrected chi connectivity index (χ1v) is 11.6. The second-order valence-electron chi connectivity index (χ2n) is 7.54. The molecule has 0 fully saturated rings. The first kappa shape index (κ1) is 20.7. The van der Waals surface area contributed by atoms with E-state index in [4.69, 9.17) is 9.97 Å². The van der Waals surface area contributed by atoms with Crippen molar-refractivity contribution in [3.05, 3.63) is 47.4 Å². The van der Waals surface area contributed by atoms with Crippen molar-refractivity contribution in [2.45, 2.75) is 27.2 Å². The molecule has 1 aliphatic carbocycles. The van der Waals surface area contributed by atoms with Crippen LogP contribution in [0.4, 0.5) is 5.69 Å². The van der Waals surface area contributed by atoms with Gasteiger partial charge < -0.3 is 10.6 Å². The fourth-order valence-corrected chi connectivity index (χ4v) is 4.93. The number of nitrogens with one attached hydrogen (secondary N) is 2. The largest absolute Gasteiger partial charge is 0.383 e. The maximum atomic E-state index is 5.05. The molecule has 156 valence electrons. The summed E-state index contributed by atoms with van der Waals surface area (Å²) in [5.74, 6) is 0. The molecular formula is C24H30N5S+. The number of nitrogens with zero attached hydrogens (tertiary/aromatic N) is 3. The Morgan fingerprint density at radius 3 is 2.57 bits per heavy atom. The predicted molar refractivity (Wildman–Crippen MR) is 130 cm³/mol. The van der Waals surface area contributed by atoms with Crippen LogP contribution in [0.2, 0.25) is 0 Å². The Bertz CT molecular complexity index is 1220. The van der Waals surface area contributed by atoms with Crippen molar-refractivity contribution in [1.82, 2.24) is 19.9 Å². The van der Waals surface area contributed by atoms with Crippen LogP contribution in [-0.4, -0.2) is 43.2 Å². The standard InChI is InChI=1S/C24H29N5S/c1-5-29(6-2)17-9-11-19-21(14-17)30-22-15-20(26-13-7-12-25-4)23-18(24(22)28-19)10-8-16(3)27-23/h8-11,14-15,25H,5-7,12-13H2,1-4H3/p+1. The van der Waals surface area contributed by atoms with E-state index in [0.717, 1.165) is 66.1 Å². The average molecular weight is 421 g/mol. The van der Waals surface area contributed by atoms with Crippen LogP contribution in [0.1, 0.15) is 26.0 Å². The van der Waals surface area contributed by atoms with Crippen LogP contribution in [0, 0.1) is 6.92 Å². The number of rotatable bonds is 7. The Morgan fingerprint density at radius 2 is 1.80 bits per heavy atom. The molecule has 0 amide bonds. The van der Waals surface area contributed by atoms with Gasteiger partial charge in [0, 0.05) is 29.8 Å². The molecule has 30 heavy (non-hydrogen) atoms. The van der Waals surface area contributed by atoms with E-state index in [9.17, 15) is 0 Å². The Kier molecular flexibility index (Phi) is 6.25. The van der Waals surface area contributed by atoms with Crippen LogP contribution in [0.25, 0.3) is 31.7 Å². The maximum Gasteiger partial charge on any atom is 0.201 e. The highest BCUT2D eigenvalue weighted by Crippen LogP contribution is 2.36. The van der Waals surface area contributed by atoms with Crippen molar-refractivity contribution in [2.75, 3.05) is 38.5 Å². The Balaban J connectivity index is 1.92. The summed E-state index contributed by atoms with van der Waals surface area (Å²) in [6.45, 7) is 10.3. The van der Waals surface area contributed by atoms with Crippen molar-refractivity contribution in [2.24, 2.45) is 0 Å². The monoisotopic (exact) mass is 420 g/mol. The summed E-state index contributed by atoms with van der Waals surface area (Å²) >= 11 is 1.81. The number of benzene rings is 2. The fourth-order valence-electron chi connectivity index (χ4n) is 3.87. The molecule has 1 aromatic carbocycles. The third kappa shape index (κ3) is 4.02. The van der Waals surface area contributed by atoms with Gasteiger partial charge >= 0.3 is 0 Å². The zero-order chi connectivity index (χ0) is 21.1. The number of hydrogen-bond acceptors (Lipinski definition) is 5. The lowest BCUT2D eigenvalue weighted by Crippen LogP contribution is -2.29. The normalized spacial score (nSPS) is 11.5. The molecule has 0 saturated heterocycles. The Hall–Kier alpha value is -2.57. The van der Waals surface area contributed by atoms with E-state index in [-0.39, 0.29) is 0 Å². The molecule has 5 nitrogen and oxygen atoms in total. The van der Waals surface area contributed by atoms with Gasteiger partial charge in [0.05, 0.1) is 32.0 Å². The smallest absolute Gasteiger partial charge is 0.201 e. The van der Waals surface area contributed by atoms with E-state index in [1.54, 1.807) is 0 Å². The zero-order valence-corrected chi connectivity index (χ0v) is 19.1. The molecule has 2 heterocycles. The van der Waals surface area contributed by atoms with Gasteiger partial charge in [-0.15, -0.1) is 11.3 Å². The Morgan fingerprint density at radius 1 is 0.967 bits per heavy atom. The molecule has 2 aliphatic rings.